The van der Waals surface area contributed by atoms with Crippen LogP contribution in [-0.4, -0.2) is 25.8 Å². The van der Waals surface area contributed by atoms with Gasteiger partial charge < -0.3 is 10.1 Å². The van der Waals surface area contributed by atoms with E-state index in [0.29, 0.717) is 12.1 Å². The monoisotopic (exact) mass is 275 g/mol. The van der Waals surface area contributed by atoms with Crippen LogP contribution in [0.2, 0.25) is 0 Å². The summed E-state index contributed by atoms with van der Waals surface area (Å²) in [6, 6.07) is 11.4. The van der Waals surface area contributed by atoms with Gasteiger partial charge in [0.25, 0.3) is 0 Å². The van der Waals surface area contributed by atoms with Gasteiger partial charge >= 0.3 is 0 Å². The summed E-state index contributed by atoms with van der Waals surface area (Å²) in [4.78, 5) is 0. The standard InChI is InChI=1S/C18H29NO/c1-15(2)20-14-17(19-3)18(12-8-5-9-13-18)16-10-6-4-7-11-16/h4,6-7,10-11,15,17,19H,5,8-9,12-14H2,1-3H3. The fourth-order valence-electron chi connectivity index (χ4n) is 3.60. The molecule has 1 aliphatic carbocycles. The van der Waals surface area contributed by atoms with E-state index in [2.05, 4.69) is 56.5 Å². The van der Waals surface area contributed by atoms with Crippen molar-refractivity contribution in [3.8, 4) is 0 Å². The van der Waals surface area contributed by atoms with Crippen molar-refractivity contribution in [1.82, 2.24) is 5.32 Å². The molecule has 1 unspecified atom stereocenters. The number of rotatable bonds is 6. The fraction of sp³-hybridized carbons (Fsp3) is 0.667. The maximum atomic E-state index is 5.93. The van der Waals surface area contributed by atoms with Crippen molar-refractivity contribution in [2.45, 2.75) is 63.5 Å². The summed E-state index contributed by atoms with van der Waals surface area (Å²) in [6.07, 6.45) is 6.86. The lowest BCUT2D eigenvalue weighted by Crippen LogP contribution is -2.51. The van der Waals surface area contributed by atoms with E-state index in [0.717, 1.165) is 6.61 Å². The Morgan fingerprint density at radius 1 is 1.10 bits per heavy atom. The molecule has 0 aromatic heterocycles. The van der Waals surface area contributed by atoms with Crippen LogP contribution in [0.1, 0.15) is 51.5 Å². The number of benzene rings is 1. The molecule has 2 nitrogen and oxygen atoms in total. The van der Waals surface area contributed by atoms with Gasteiger partial charge in [0.05, 0.1) is 12.7 Å². The fourth-order valence-corrected chi connectivity index (χ4v) is 3.60. The summed E-state index contributed by atoms with van der Waals surface area (Å²) >= 11 is 0. The molecule has 2 heteroatoms. The predicted octanol–water partition coefficient (Wildman–Crippen LogP) is 3.90. The lowest BCUT2D eigenvalue weighted by atomic mass is 9.65. The van der Waals surface area contributed by atoms with Gasteiger partial charge in [-0.1, -0.05) is 49.6 Å². The molecular weight excluding hydrogens is 246 g/mol. The highest BCUT2D eigenvalue weighted by Gasteiger charge is 2.40. The SMILES string of the molecule is CNC(COC(C)C)C1(c2ccccc2)CCCCC1. The van der Waals surface area contributed by atoms with Crippen molar-refractivity contribution in [2.24, 2.45) is 0 Å². The summed E-state index contributed by atoms with van der Waals surface area (Å²) in [5, 5.41) is 3.54. The van der Waals surface area contributed by atoms with E-state index in [1.807, 2.05) is 0 Å². The second kappa shape index (κ2) is 7.24. The summed E-state index contributed by atoms with van der Waals surface area (Å²) < 4.78 is 5.93. The van der Waals surface area contributed by atoms with E-state index >= 15 is 0 Å². The first-order chi connectivity index (χ1) is 9.69. The molecule has 1 saturated carbocycles. The van der Waals surface area contributed by atoms with Crippen molar-refractivity contribution < 1.29 is 4.74 Å². The molecule has 112 valence electrons. The molecule has 0 spiro atoms. The Morgan fingerprint density at radius 2 is 1.75 bits per heavy atom. The zero-order valence-corrected chi connectivity index (χ0v) is 13.2. The van der Waals surface area contributed by atoms with Gasteiger partial charge in [0.15, 0.2) is 0 Å². The molecule has 1 atom stereocenters. The van der Waals surface area contributed by atoms with Gasteiger partial charge in [-0.05, 0) is 39.3 Å². The van der Waals surface area contributed by atoms with E-state index in [1.54, 1.807) is 0 Å². The van der Waals surface area contributed by atoms with Gasteiger partial charge in [-0.2, -0.15) is 0 Å². The van der Waals surface area contributed by atoms with Crippen molar-refractivity contribution in [3.63, 3.8) is 0 Å². The Balaban J connectivity index is 2.25. The molecule has 0 bridgehead atoms. The van der Waals surface area contributed by atoms with E-state index in [-0.39, 0.29) is 5.41 Å². The Bertz CT molecular complexity index is 382. The summed E-state index contributed by atoms with van der Waals surface area (Å²) in [6.45, 7) is 5.02. The van der Waals surface area contributed by atoms with Crippen molar-refractivity contribution >= 4 is 0 Å². The molecule has 2 rings (SSSR count). The van der Waals surface area contributed by atoms with E-state index in [1.165, 1.54) is 37.7 Å². The first-order valence-electron chi connectivity index (χ1n) is 8.03. The molecular formula is C18H29NO. The van der Waals surface area contributed by atoms with Gasteiger partial charge in [-0.3, -0.25) is 0 Å². The molecule has 0 heterocycles. The van der Waals surface area contributed by atoms with Gasteiger partial charge in [-0.25, -0.2) is 0 Å². The van der Waals surface area contributed by atoms with E-state index in [9.17, 15) is 0 Å². The second-order valence-corrected chi connectivity index (χ2v) is 6.31. The minimum Gasteiger partial charge on any atom is -0.377 e. The third kappa shape index (κ3) is 3.42. The Hall–Kier alpha value is -0.860. The lowest BCUT2D eigenvalue weighted by molar-refractivity contribution is 0.0356. The van der Waals surface area contributed by atoms with Crippen molar-refractivity contribution in [2.75, 3.05) is 13.7 Å². The number of hydrogen-bond donors (Lipinski definition) is 1. The largest absolute Gasteiger partial charge is 0.377 e. The summed E-state index contributed by atoms with van der Waals surface area (Å²) in [5.41, 5.74) is 1.72. The number of nitrogens with one attached hydrogen (secondary N) is 1. The molecule has 0 amide bonds. The van der Waals surface area contributed by atoms with Crippen LogP contribution in [0, 0.1) is 0 Å². The smallest absolute Gasteiger partial charge is 0.0631 e. The highest BCUT2D eigenvalue weighted by atomic mass is 16.5. The third-order valence-corrected chi connectivity index (χ3v) is 4.71. The third-order valence-electron chi connectivity index (χ3n) is 4.71. The molecule has 0 aliphatic heterocycles. The predicted molar refractivity (Wildman–Crippen MR) is 85.1 cm³/mol. The summed E-state index contributed by atoms with van der Waals surface area (Å²) in [5.74, 6) is 0. The zero-order valence-electron chi connectivity index (χ0n) is 13.2. The number of hydrogen-bond acceptors (Lipinski definition) is 2. The van der Waals surface area contributed by atoms with Gasteiger partial charge in [0.1, 0.15) is 0 Å². The average Bonchev–Trinajstić information content (AvgIpc) is 2.49. The topological polar surface area (TPSA) is 21.3 Å². The minimum atomic E-state index is 0.239. The van der Waals surface area contributed by atoms with Crippen LogP contribution < -0.4 is 5.32 Å². The first kappa shape index (κ1) is 15.5. The Kier molecular flexibility index (Phi) is 5.62. The van der Waals surface area contributed by atoms with Crippen LogP contribution in [0.15, 0.2) is 30.3 Å². The van der Waals surface area contributed by atoms with Gasteiger partial charge in [-0.15, -0.1) is 0 Å². The quantitative estimate of drug-likeness (QED) is 0.850. The highest BCUT2D eigenvalue weighted by Crippen LogP contribution is 2.42. The molecule has 0 saturated heterocycles. The van der Waals surface area contributed by atoms with Crippen LogP contribution >= 0.6 is 0 Å². The Labute approximate surface area is 123 Å². The maximum Gasteiger partial charge on any atom is 0.0631 e. The first-order valence-corrected chi connectivity index (χ1v) is 8.03. The molecule has 1 aromatic rings. The molecule has 20 heavy (non-hydrogen) atoms. The average molecular weight is 275 g/mol. The minimum absolute atomic E-state index is 0.239. The van der Waals surface area contributed by atoms with Crippen LogP contribution in [-0.2, 0) is 10.2 Å². The van der Waals surface area contributed by atoms with Crippen LogP contribution in [0.5, 0.6) is 0 Å². The lowest BCUT2D eigenvalue weighted by Gasteiger charge is -2.44. The highest BCUT2D eigenvalue weighted by molar-refractivity contribution is 5.28. The zero-order chi connectivity index (χ0) is 14.4. The summed E-state index contributed by atoms with van der Waals surface area (Å²) in [7, 11) is 2.08. The van der Waals surface area contributed by atoms with E-state index in [4.69, 9.17) is 4.74 Å². The number of ether oxygens (including phenoxy) is 1. The molecule has 1 fully saturated rings. The van der Waals surface area contributed by atoms with Gasteiger partial charge in [0, 0.05) is 11.5 Å². The van der Waals surface area contributed by atoms with Gasteiger partial charge in [0.2, 0.25) is 0 Å². The van der Waals surface area contributed by atoms with Crippen molar-refractivity contribution in [3.05, 3.63) is 35.9 Å². The van der Waals surface area contributed by atoms with Crippen LogP contribution in [0.3, 0.4) is 0 Å². The molecule has 1 aromatic carbocycles. The maximum absolute atomic E-state index is 5.93. The second-order valence-electron chi connectivity index (χ2n) is 6.31. The normalized spacial score (nSPS) is 20.0. The van der Waals surface area contributed by atoms with Crippen LogP contribution in [0.4, 0.5) is 0 Å². The Morgan fingerprint density at radius 3 is 2.30 bits per heavy atom. The molecule has 1 N–H and O–H groups in total. The number of likely N-dealkylation sites (N-methyl/N-ethyl adjacent to an activating group) is 1. The molecule has 0 radical (unpaired) electrons. The van der Waals surface area contributed by atoms with Crippen molar-refractivity contribution in [1.29, 1.82) is 0 Å². The molecule has 1 aliphatic rings. The van der Waals surface area contributed by atoms with E-state index < -0.39 is 0 Å². The van der Waals surface area contributed by atoms with Crippen LogP contribution in [0.25, 0.3) is 0 Å².